The van der Waals surface area contributed by atoms with E-state index in [1.54, 1.807) is 0 Å². The molecule has 0 bridgehead atoms. The molecular formula is C6H16AlNaO4. The van der Waals surface area contributed by atoms with Crippen LogP contribution in [0.2, 0.25) is 0 Å². The molecule has 0 saturated heterocycles. The molecule has 0 aliphatic carbocycles. The third-order valence-electron chi connectivity index (χ3n) is 0.908. The summed E-state index contributed by atoms with van der Waals surface area (Å²) in [4.78, 5) is 0. The summed E-state index contributed by atoms with van der Waals surface area (Å²) in [5.74, 6) is 0. The SMILES string of the molecule is CCOC[O][AlH][O]COCC.[H-].[Na+]. The van der Waals surface area contributed by atoms with Crippen LogP contribution in [0.15, 0.2) is 0 Å². The largest absolute Gasteiger partial charge is 1.00 e. The smallest absolute Gasteiger partial charge is 1.00 e. The van der Waals surface area contributed by atoms with Crippen LogP contribution in [-0.4, -0.2) is 42.7 Å². The maximum atomic E-state index is 5.04. The van der Waals surface area contributed by atoms with Crippen molar-refractivity contribution in [1.82, 2.24) is 0 Å². The zero-order chi connectivity index (χ0) is 8.36. The van der Waals surface area contributed by atoms with Crippen LogP contribution >= 0.6 is 0 Å². The maximum Gasteiger partial charge on any atom is 1.00 e. The van der Waals surface area contributed by atoms with Crippen molar-refractivity contribution in [3.05, 3.63) is 0 Å². The summed E-state index contributed by atoms with van der Waals surface area (Å²) in [6, 6.07) is 0. The first-order valence-electron chi connectivity index (χ1n) is 3.72. The second-order valence-corrected chi connectivity index (χ2v) is 2.80. The minimum absolute atomic E-state index is 0. The van der Waals surface area contributed by atoms with E-state index in [2.05, 4.69) is 0 Å². The summed E-state index contributed by atoms with van der Waals surface area (Å²) >= 11 is -0.879. The minimum atomic E-state index is -0.879. The Bertz CT molecular complexity index is 73.7. The maximum absolute atomic E-state index is 5.04. The van der Waals surface area contributed by atoms with Gasteiger partial charge in [-0.25, -0.2) is 0 Å². The van der Waals surface area contributed by atoms with Crippen LogP contribution < -0.4 is 29.6 Å². The van der Waals surface area contributed by atoms with Crippen LogP contribution in [-0.2, 0) is 17.1 Å². The van der Waals surface area contributed by atoms with Crippen molar-refractivity contribution in [2.45, 2.75) is 13.8 Å². The van der Waals surface area contributed by atoms with Gasteiger partial charge >= 0.3 is 45.4 Å². The topological polar surface area (TPSA) is 36.9 Å². The van der Waals surface area contributed by atoms with Gasteiger partial charge in [0.2, 0.25) is 0 Å². The van der Waals surface area contributed by atoms with Crippen LogP contribution in [0.5, 0.6) is 0 Å². The molecule has 0 aliphatic rings. The van der Waals surface area contributed by atoms with Gasteiger partial charge in [0.05, 0.1) is 0 Å². The normalized spacial score (nSPS) is 9.17. The molecule has 0 N–H and O–H groups in total. The summed E-state index contributed by atoms with van der Waals surface area (Å²) in [5, 5.41) is 0. The molecular weight excluding hydrogens is 186 g/mol. The molecule has 0 aromatic rings. The van der Waals surface area contributed by atoms with Gasteiger partial charge in [-0.1, -0.05) is 0 Å². The van der Waals surface area contributed by atoms with E-state index in [1.807, 2.05) is 13.8 Å². The fourth-order valence-corrected chi connectivity index (χ4v) is 0.901. The summed E-state index contributed by atoms with van der Waals surface area (Å²) in [6.45, 7) is 5.89. The molecule has 0 rings (SSSR count). The standard InChI is InChI=1S/2C3H7O2.Al.Na.2H/c2*1-2-5-3-4;;;;/h2*2-3H2,1H3;;;;/q2*-1;+2;+1;;-1. The van der Waals surface area contributed by atoms with Gasteiger partial charge in [-0.3, -0.25) is 0 Å². The first kappa shape index (κ1) is 15.8. The van der Waals surface area contributed by atoms with Gasteiger partial charge in [-0.15, -0.1) is 0 Å². The van der Waals surface area contributed by atoms with Crippen molar-refractivity contribution in [2.24, 2.45) is 0 Å². The second-order valence-electron chi connectivity index (χ2n) is 1.75. The van der Waals surface area contributed by atoms with Gasteiger partial charge in [0.15, 0.2) is 0 Å². The van der Waals surface area contributed by atoms with Crippen molar-refractivity contribution in [3.63, 3.8) is 0 Å². The van der Waals surface area contributed by atoms with Gasteiger partial charge < -0.3 is 18.5 Å². The van der Waals surface area contributed by atoms with Crippen molar-refractivity contribution in [3.8, 4) is 0 Å². The van der Waals surface area contributed by atoms with E-state index < -0.39 is 15.9 Å². The molecule has 0 unspecified atom stereocenters. The Balaban J connectivity index is -0.000000500. The molecule has 12 heavy (non-hydrogen) atoms. The van der Waals surface area contributed by atoms with Crippen LogP contribution in [0.3, 0.4) is 0 Å². The van der Waals surface area contributed by atoms with Crippen LogP contribution in [0.25, 0.3) is 0 Å². The average molecular weight is 202 g/mol. The van der Waals surface area contributed by atoms with E-state index in [0.717, 1.165) is 0 Å². The van der Waals surface area contributed by atoms with Crippen molar-refractivity contribution in [2.75, 3.05) is 26.8 Å². The molecule has 0 aliphatic heterocycles. The van der Waals surface area contributed by atoms with Gasteiger partial charge in [-0.2, -0.15) is 0 Å². The fourth-order valence-electron chi connectivity index (χ4n) is 0.411. The molecule has 0 amide bonds. The quantitative estimate of drug-likeness (QED) is 0.245. The Morgan fingerprint density at radius 1 is 1.00 bits per heavy atom. The molecule has 0 radical (unpaired) electrons. The van der Waals surface area contributed by atoms with E-state index in [9.17, 15) is 0 Å². The van der Waals surface area contributed by atoms with Crippen molar-refractivity contribution < 1.29 is 48.0 Å². The molecule has 0 atom stereocenters. The zero-order valence-electron chi connectivity index (χ0n) is 9.17. The number of rotatable bonds is 8. The Hall–Kier alpha value is 1.37. The van der Waals surface area contributed by atoms with Gasteiger partial charge in [0.1, 0.15) is 13.6 Å². The first-order chi connectivity index (χ1) is 5.41. The predicted octanol–water partition coefficient (Wildman–Crippen LogP) is -2.61. The van der Waals surface area contributed by atoms with Gasteiger partial charge in [0, 0.05) is 13.2 Å². The van der Waals surface area contributed by atoms with Crippen LogP contribution in [0.4, 0.5) is 0 Å². The summed E-state index contributed by atoms with van der Waals surface area (Å²) in [5.41, 5.74) is 0. The molecule has 4 nitrogen and oxygen atoms in total. The molecule has 0 saturated carbocycles. The zero-order valence-corrected chi connectivity index (χ0v) is 11.6. The van der Waals surface area contributed by atoms with E-state index in [1.165, 1.54) is 0 Å². The van der Waals surface area contributed by atoms with Gasteiger partial charge in [-0.05, 0) is 13.8 Å². The Labute approximate surface area is 104 Å². The molecule has 6 heteroatoms. The van der Waals surface area contributed by atoms with Crippen molar-refractivity contribution in [1.29, 1.82) is 0 Å². The summed E-state index contributed by atoms with van der Waals surface area (Å²) in [7, 11) is 0. The molecule has 0 heterocycles. The molecule has 68 valence electrons. The predicted molar refractivity (Wildman–Crippen MR) is 43.4 cm³/mol. The Kier molecular flexibility index (Phi) is 19.6. The van der Waals surface area contributed by atoms with Crippen molar-refractivity contribution >= 4 is 15.9 Å². The number of hydrogen-bond acceptors (Lipinski definition) is 4. The van der Waals surface area contributed by atoms with Gasteiger partial charge in [0.25, 0.3) is 0 Å². The monoisotopic (exact) mass is 202 g/mol. The summed E-state index contributed by atoms with van der Waals surface area (Å²) < 4.78 is 19.9. The third-order valence-corrected chi connectivity index (χ3v) is 1.57. The third kappa shape index (κ3) is 13.9. The van der Waals surface area contributed by atoms with E-state index >= 15 is 0 Å². The second kappa shape index (κ2) is 14.9. The van der Waals surface area contributed by atoms with E-state index in [4.69, 9.17) is 17.1 Å². The number of hydrogen-bond donors (Lipinski definition) is 0. The van der Waals surface area contributed by atoms with E-state index in [-0.39, 0.29) is 31.0 Å². The van der Waals surface area contributed by atoms with E-state index in [0.29, 0.717) is 26.8 Å². The first-order valence-corrected chi connectivity index (χ1v) is 4.88. The fraction of sp³-hybridized carbons (Fsp3) is 1.00. The van der Waals surface area contributed by atoms with Crippen LogP contribution in [0, 0.1) is 0 Å². The minimum Gasteiger partial charge on any atom is -1.00 e. The molecule has 0 aromatic heterocycles. The average Bonchev–Trinajstić information content (AvgIpc) is 2.03. The van der Waals surface area contributed by atoms with Crippen LogP contribution in [0.1, 0.15) is 15.3 Å². The summed E-state index contributed by atoms with van der Waals surface area (Å²) in [6.07, 6.45) is 0. The molecule has 0 aromatic carbocycles. The number of ether oxygens (including phenoxy) is 2. The molecule has 0 spiro atoms. The Morgan fingerprint density at radius 2 is 1.42 bits per heavy atom. The Morgan fingerprint density at radius 3 is 1.75 bits per heavy atom. The molecule has 0 fully saturated rings.